The lowest BCUT2D eigenvalue weighted by molar-refractivity contribution is -0.146. The summed E-state index contributed by atoms with van der Waals surface area (Å²) in [4.78, 5) is 49.8. The van der Waals surface area contributed by atoms with Crippen molar-refractivity contribution < 1.29 is 23.9 Å². The Morgan fingerprint density at radius 3 is 2.11 bits per heavy atom. The van der Waals surface area contributed by atoms with Crippen molar-refractivity contribution in [3.8, 4) is 0 Å². The molecule has 0 bridgehead atoms. The highest BCUT2D eigenvalue weighted by Crippen LogP contribution is 2.22. The number of benzene rings is 2. The monoisotopic (exact) mass is 385 g/mol. The van der Waals surface area contributed by atoms with Gasteiger partial charge in [-0.3, -0.25) is 24.1 Å². The lowest BCUT2D eigenvalue weighted by Crippen LogP contribution is -2.33. The van der Waals surface area contributed by atoms with Crippen LogP contribution in [0.25, 0.3) is 0 Å². The topological polar surface area (TPSA) is 80.8 Å². The summed E-state index contributed by atoms with van der Waals surface area (Å²) in [6.07, 6.45) is -1.18. The van der Waals surface area contributed by atoms with Crippen LogP contribution in [0.5, 0.6) is 0 Å². The highest BCUT2D eigenvalue weighted by Gasteiger charge is 2.35. The molecule has 0 N–H and O–H groups in total. The van der Waals surface area contributed by atoms with Gasteiger partial charge in [0.25, 0.3) is 11.8 Å². The number of fused-ring (bicyclic) bond motifs is 1. The molecule has 2 amide bonds. The highest BCUT2D eigenvalue weighted by molar-refractivity contribution is 6.30. The van der Waals surface area contributed by atoms with Gasteiger partial charge in [0.15, 0.2) is 6.10 Å². The van der Waals surface area contributed by atoms with E-state index in [1.807, 2.05) is 0 Å². The molecule has 0 spiro atoms. The number of ether oxygens (including phenoxy) is 1. The number of hydrogen-bond donors (Lipinski definition) is 0. The zero-order valence-corrected chi connectivity index (χ0v) is 15.2. The number of rotatable bonds is 6. The first-order chi connectivity index (χ1) is 12.9. The van der Waals surface area contributed by atoms with Gasteiger partial charge in [-0.1, -0.05) is 23.7 Å². The second kappa shape index (κ2) is 7.72. The molecule has 0 fully saturated rings. The van der Waals surface area contributed by atoms with E-state index in [9.17, 15) is 19.2 Å². The minimum absolute atomic E-state index is 0.104. The number of imide groups is 1. The summed E-state index contributed by atoms with van der Waals surface area (Å²) in [7, 11) is 0. The van der Waals surface area contributed by atoms with E-state index in [1.54, 1.807) is 48.5 Å². The maximum atomic E-state index is 12.3. The molecule has 0 radical (unpaired) electrons. The maximum Gasteiger partial charge on any atom is 0.308 e. The molecule has 0 aromatic heterocycles. The van der Waals surface area contributed by atoms with Gasteiger partial charge in [-0.15, -0.1) is 0 Å². The lowest BCUT2D eigenvalue weighted by Gasteiger charge is -2.15. The molecule has 1 atom stereocenters. The summed E-state index contributed by atoms with van der Waals surface area (Å²) in [5.74, 6) is -1.90. The minimum Gasteiger partial charge on any atom is -0.454 e. The standard InChI is InChI=1S/C20H16ClNO5/c1-12(18(24)13-6-8-14(21)9-7-13)27-17(23)10-11-22-19(25)15-4-2-3-5-16(15)20(22)26/h2-9,12H,10-11H2,1H3. The number of carbonyl (C=O) groups excluding carboxylic acids is 4. The summed E-state index contributed by atoms with van der Waals surface area (Å²) < 4.78 is 5.13. The van der Waals surface area contributed by atoms with Crippen LogP contribution in [0.1, 0.15) is 44.4 Å². The zero-order valence-electron chi connectivity index (χ0n) is 14.5. The van der Waals surface area contributed by atoms with Crippen LogP contribution in [0, 0.1) is 0 Å². The first-order valence-corrected chi connectivity index (χ1v) is 8.71. The van der Waals surface area contributed by atoms with Crippen LogP contribution < -0.4 is 0 Å². The molecule has 6 nitrogen and oxygen atoms in total. The molecule has 27 heavy (non-hydrogen) atoms. The second-order valence-electron chi connectivity index (χ2n) is 6.06. The van der Waals surface area contributed by atoms with Gasteiger partial charge in [0.05, 0.1) is 17.5 Å². The number of carbonyl (C=O) groups is 4. The minimum atomic E-state index is -0.985. The van der Waals surface area contributed by atoms with Crippen molar-refractivity contribution in [1.82, 2.24) is 4.90 Å². The highest BCUT2D eigenvalue weighted by atomic mass is 35.5. The van der Waals surface area contributed by atoms with Gasteiger partial charge in [-0.2, -0.15) is 0 Å². The van der Waals surface area contributed by atoms with Crippen molar-refractivity contribution in [2.24, 2.45) is 0 Å². The van der Waals surface area contributed by atoms with Gasteiger partial charge in [-0.25, -0.2) is 0 Å². The number of hydrogen-bond acceptors (Lipinski definition) is 5. The number of amides is 2. The Bertz CT molecular complexity index is 887. The van der Waals surface area contributed by atoms with Gasteiger partial charge in [0.1, 0.15) is 0 Å². The van der Waals surface area contributed by atoms with E-state index in [0.29, 0.717) is 21.7 Å². The largest absolute Gasteiger partial charge is 0.454 e. The molecule has 1 heterocycles. The van der Waals surface area contributed by atoms with Gasteiger partial charge >= 0.3 is 5.97 Å². The summed E-state index contributed by atoms with van der Waals surface area (Å²) in [6.45, 7) is 1.36. The van der Waals surface area contributed by atoms with Crippen LogP contribution in [0.15, 0.2) is 48.5 Å². The Morgan fingerprint density at radius 1 is 1.00 bits per heavy atom. The Morgan fingerprint density at radius 2 is 1.56 bits per heavy atom. The number of ketones is 1. The van der Waals surface area contributed by atoms with Crippen molar-refractivity contribution in [1.29, 1.82) is 0 Å². The van der Waals surface area contributed by atoms with Gasteiger partial charge in [-0.05, 0) is 43.3 Å². The Kier molecular flexibility index (Phi) is 5.37. The molecule has 0 aliphatic carbocycles. The molecule has 138 valence electrons. The average Bonchev–Trinajstić information content (AvgIpc) is 2.91. The normalized spacial score (nSPS) is 14.1. The first-order valence-electron chi connectivity index (χ1n) is 8.33. The van der Waals surface area contributed by atoms with E-state index in [0.717, 1.165) is 4.90 Å². The van der Waals surface area contributed by atoms with E-state index < -0.39 is 23.9 Å². The van der Waals surface area contributed by atoms with E-state index in [2.05, 4.69) is 0 Å². The number of halogens is 1. The van der Waals surface area contributed by atoms with Crippen LogP contribution in [0.4, 0.5) is 0 Å². The Labute approximate surface area is 160 Å². The summed E-state index contributed by atoms with van der Waals surface area (Å²) in [5, 5.41) is 0.497. The molecule has 2 aromatic rings. The van der Waals surface area contributed by atoms with Crippen molar-refractivity contribution in [3.63, 3.8) is 0 Å². The zero-order chi connectivity index (χ0) is 19.6. The lowest BCUT2D eigenvalue weighted by atomic mass is 10.1. The maximum absolute atomic E-state index is 12.3. The smallest absolute Gasteiger partial charge is 0.308 e. The quantitative estimate of drug-likeness (QED) is 0.433. The molecule has 0 saturated carbocycles. The first kappa shape index (κ1) is 18.8. The molecule has 1 unspecified atom stereocenters. The average molecular weight is 386 g/mol. The SMILES string of the molecule is CC(OC(=O)CCN1C(=O)c2ccccc2C1=O)C(=O)c1ccc(Cl)cc1. The van der Waals surface area contributed by atoms with E-state index in [-0.39, 0.29) is 18.7 Å². The second-order valence-corrected chi connectivity index (χ2v) is 6.50. The fourth-order valence-corrected chi connectivity index (χ4v) is 2.93. The van der Waals surface area contributed by atoms with Crippen molar-refractivity contribution in [2.75, 3.05) is 6.54 Å². The summed E-state index contributed by atoms with van der Waals surface area (Å²) >= 11 is 5.78. The predicted molar refractivity (Wildman–Crippen MR) is 97.8 cm³/mol. The number of Topliss-reactive ketones (excluding diaryl/α,β-unsaturated/α-hetero) is 1. The van der Waals surface area contributed by atoms with Crippen LogP contribution in [0.2, 0.25) is 5.02 Å². The Balaban J connectivity index is 1.56. The van der Waals surface area contributed by atoms with Gasteiger partial charge in [0.2, 0.25) is 5.78 Å². The molecule has 0 saturated heterocycles. The molecular weight excluding hydrogens is 370 g/mol. The third kappa shape index (κ3) is 3.90. The van der Waals surface area contributed by atoms with Gasteiger partial charge in [0, 0.05) is 17.1 Å². The third-order valence-electron chi connectivity index (χ3n) is 4.22. The van der Waals surface area contributed by atoms with E-state index in [4.69, 9.17) is 16.3 Å². The molecule has 1 aliphatic rings. The van der Waals surface area contributed by atoms with Crippen molar-refractivity contribution in [3.05, 3.63) is 70.2 Å². The Hall–Kier alpha value is -2.99. The predicted octanol–water partition coefficient (Wildman–Crippen LogP) is 3.14. The summed E-state index contributed by atoms with van der Waals surface area (Å²) in [5.41, 5.74) is 1.02. The van der Waals surface area contributed by atoms with Crippen LogP contribution in [-0.4, -0.2) is 41.1 Å². The van der Waals surface area contributed by atoms with Crippen LogP contribution in [-0.2, 0) is 9.53 Å². The fourth-order valence-electron chi connectivity index (χ4n) is 2.80. The fraction of sp³-hybridized carbons (Fsp3) is 0.200. The number of nitrogens with zero attached hydrogens (tertiary/aromatic N) is 1. The molecule has 2 aromatic carbocycles. The van der Waals surface area contributed by atoms with E-state index in [1.165, 1.54) is 6.92 Å². The number of esters is 1. The molecular formula is C20H16ClNO5. The molecule has 1 aliphatic heterocycles. The molecule has 7 heteroatoms. The molecule has 3 rings (SSSR count). The van der Waals surface area contributed by atoms with Gasteiger partial charge < -0.3 is 4.74 Å². The van der Waals surface area contributed by atoms with Crippen LogP contribution in [0.3, 0.4) is 0 Å². The van der Waals surface area contributed by atoms with Crippen LogP contribution >= 0.6 is 11.6 Å². The van der Waals surface area contributed by atoms with Crippen molar-refractivity contribution in [2.45, 2.75) is 19.4 Å². The van der Waals surface area contributed by atoms with Crippen molar-refractivity contribution >= 4 is 35.2 Å². The van der Waals surface area contributed by atoms with E-state index >= 15 is 0 Å². The summed E-state index contributed by atoms with van der Waals surface area (Å²) in [6, 6.07) is 12.7. The third-order valence-corrected chi connectivity index (χ3v) is 4.48.